The van der Waals surface area contributed by atoms with E-state index in [9.17, 15) is 9.59 Å². The molecule has 0 bridgehead atoms. The molecule has 0 fully saturated rings. The van der Waals surface area contributed by atoms with Crippen LogP contribution in [0.2, 0.25) is 0 Å². The minimum atomic E-state index is -0.644. The van der Waals surface area contributed by atoms with Gasteiger partial charge in [-0.15, -0.1) is 0 Å². The number of ether oxygens (including phenoxy) is 2. The Hall–Kier alpha value is -2.04. The van der Waals surface area contributed by atoms with E-state index in [0.717, 1.165) is 16.9 Å². The number of nitrogens with one attached hydrogen (secondary N) is 1. The monoisotopic (exact) mass is 291 g/mol. The van der Waals surface area contributed by atoms with Gasteiger partial charge in [0.1, 0.15) is 17.4 Å². The summed E-state index contributed by atoms with van der Waals surface area (Å²) in [6.45, 7) is 5.36. The van der Waals surface area contributed by atoms with Crippen molar-refractivity contribution in [2.24, 2.45) is 0 Å². The van der Waals surface area contributed by atoms with Crippen molar-refractivity contribution >= 4 is 11.9 Å². The molecule has 5 heteroatoms. The van der Waals surface area contributed by atoms with Gasteiger partial charge < -0.3 is 14.8 Å². The first kappa shape index (κ1) is 15.4. The molecule has 1 aromatic carbocycles. The van der Waals surface area contributed by atoms with Crippen LogP contribution in [0, 0.1) is 0 Å². The van der Waals surface area contributed by atoms with Crippen LogP contribution in [-0.4, -0.2) is 24.6 Å². The first-order chi connectivity index (χ1) is 9.80. The van der Waals surface area contributed by atoms with E-state index in [2.05, 4.69) is 5.32 Å². The zero-order valence-corrected chi connectivity index (χ0v) is 12.9. The average Bonchev–Trinajstić information content (AvgIpc) is 2.39. The second-order valence-corrected chi connectivity index (χ2v) is 6.11. The first-order valence-electron chi connectivity index (χ1n) is 6.99. The number of hydrogen-bond donors (Lipinski definition) is 1. The summed E-state index contributed by atoms with van der Waals surface area (Å²) >= 11 is 0. The molecule has 21 heavy (non-hydrogen) atoms. The van der Waals surface area contributed by atoms with Gasteiger partial charge in [0.05, 0.1) is 7.11 Å². The zero-order valence-electron chi connectivity index (χ0n) is 12.9. The van der Waals surface area contributed by atoms with E-state index in [4.69, 9.17) is 9.47 Å². The predicted octanol–water partition coefficient (Wildman–Crippen LogP) is 2.78. The highest BCUT2D eigenvalue weighted by Crippen LogP contribution is 2.30. The molecule has 114 valence electrons. The minimum absolute atomic E-state index is 0.00136. The summed E-state index contributed by atoms with van der Waals surface area (Å²) in [6.07, 6.45) is 0.489. The van der Waals surface area contributed by atoms with Crippen LogP contribution in [-0.2, 0) is 16.0 Å². The topological polar surface area (TPSA) is 64.6 Å². The van der Waals surface area contributed by atoms with Gasteiger partial charge in [-0.3, -0.25) is 4.79 Å². The van der Waals surface area contributed by atoms with Gasteiger partial charge in [0.25, 0.3) is 0 Å². The van der Waals surface area contributed by atoms with Gasteiger partial charge in [0.15, 0.2) is 5.78 Å². The summed E-state index contributed by atoms with van der Waals surface area (Å²) in [6, 6.07) is 4.88. The molecule has 0 spiro atoms. The van der Waals surface area contributed by atoms with Gasteiger partial charge in [0, 0.05) is 6.42 Å². The van der Waals surface area contributed by atoms with E-state index in [1.165, 1.54) is 0 Å². The average molecular weight is 291 g/mol. The molecule has 1 aliphatic rings. The number of methoxy groups -OCH3 is 1. The predicted molar refractivity (Wildman–Crippen MR) is 78.4 cm³/mol. The third kappa shape index (κ3) is 3.74. The first-order valence-corrected chi connectivity index (χ1v) is 6.99. The molecule has 0 heterocycles. The quantitative estimate of drug-likeness (QED) is 0.910. The number of ketones is 1. The number of alkyl carbamates (subject to hydrolysis) is 1. The Morgan fingerprint density at radius 1 is 1.29 bits per heavy atom. The fraction of sp³-hybridized carbons (Fsp3) is 0.500. The summed E-state index contributed by atoms with van der Waals surface area (Å²) in [4.78, 5) is 24.0. The lowest BCUT2D eigenvalue weighted by molar-refractivity contribution is -0.121. The zero-order chi connectivity index (χ0) is 15.6. The molecule has 2 rings (SSSR count). The lowest BCUT2D eigenvalue weighted by Gasteiger charge is -2.27. The van der Waals surface area contributed by atoms with Crippen molar-refractivity contribution in [2.45, 2.75) is 45.3 Å². The second-order valence-electron chi connectivity index (χ2n) is 6.11. The van der Waals surface area contributed by atoms with Gasteiger partial charge in [-0.05, 0) is 50.5 Å². The molecular formula is C16H21NO4. The van der Waals surface area contributed by atoms with Gasteiger partial charge in [-0.25, -0.2) is 4.79 Å². The molecular weight excluding hydrogens is 270 g/mol. The minimum Gasteiger partial charge on any atom is -0.497 e. The van der Waals surface area contributed by atoms with Crippen LogP contribution in [0.1, 0.15) is 44.4 Å². The van der Waals surface area contributed by atoms with Crippen molar-refractivity contribution in [3.8, 4) is 5.75 Å². The number of carbonyl (C=O) groups excluding carboxylic acids is 2. The Labute approximate surface area is 124 Å². The highest BCUT2D eigenvalue weighted by Gasteiger charge is 2.30. The molecule has 1 aliphatic carbocycles. The normalized spacial score (nSPS) is 17.9. The Morgan fingerprint density at radius 2 is 2.00 bits per heavy atom. The number of benzene rings is 1. The third-order valence-electron chi connectivity index (χ3n) is 3.28. The lowest BCUT2D eigenvalue weighted by Crippen LogP contribution is -2.39. The molecule has 1 amide bonds. The Kier molecular flexibility index (Phi) is 4.21. The summed E-state index contributed by atoms with van der Waals surface area (Å²) in [7, 11) is 1.60. The van der Waals surface area contributed by atoms with E-state index in [-0.39, 0.29) is 5.78 Å². The fourth-order valence-electron chi connectivity index (χ4n) is 2.37. The number of amides is 1. The molecule has 1 N–H and O–H groups in total. The van der Waals surface area contributed by atoms with Crippen LogP contribution >= 0.6 is 0 Å². The molecule has 1 aromatic rings. The summed E-state index contributed by atoms with van der Waals surface area (Å²) in [5, 5.41) is 2.67. The van der Waals surface area contributed by atoms with Crippen molar-refractivity contribution in [1.82, 2.24) is 5.32 Å². The summed E-state index contributed by atoms with van der Waals surface area (Å²) in [5.74, 6) is 0.748. The van der Waals surface area contributed by atoms with E-state index < -0.39 is 17.7 Å². The van der Waals surface area contributed by atoms with Crippen LogP contribution in [0.4, 0.5) is 4.79 Å². The second kappa shape index (κ2) is 5.76. The van der Waals surface area contributed by atoms with E-state index in [1.54, 1.807) is 33.9 Å². The number of carbonyl (C=O) groups is 2. The van der Waals surface area contributed by atoms with Crippen molar-refractivity contribution in [1.29, 1.82) is 0 Å². The maximum Gasteiger partial charge on any atom is 0.408 e. The van der Waals surface area contributed by atoms with Crippen molar-refractivity contribution in [3.05, 3.63) is 29.3 Å². The highest BCUT2D eigenvalue weighted by molar-refractivity contribution is 5.90. The summed E-state index contributed by atoms with van der Waals surface area (Å²) < 4.78 is 10.4. The number of fused-ring (bicyclic) bond motifs is 1. The molecule has 5 nitrogen and oxygen atoms in total. The van der Waals surface area contributed by atoms with Crippen LogP contribution in [0.3, 0.4) is 0 Å². The van der Waals surface area contributed by atoms with Crippen molar-refractivity contribution in [2.75, 3.05) is 7.11 Å². The lowest BCUT2D eigenvalue weighted by atomic mass is 9.86. The number of rotatable bonds is 2. The number of aryl methyl sites for hydroxylation is 1. The third-order valence-corrected chi connectivity index (χ3v) is 3.28. The van der Waals surface area contributed by atoms with Gasteiger partial charge in [0.2, 0.25) is 0 Å². The number of Topliss-reactive ketones (excluding diaryl/α,β-unsaturated/α-hetero) is 1. The Morgan fingerprint density at radius 3 is 2.62 bits per heavy atom. The van der Waals surface area contributed by atoms with Crippen LogP contribution in [0.25, 0.3) is 0 Å². The van der Waals surface area contributed by atoms with Crippen LogP contribution in [0.5, 0.6) is 5.75 Å². The molecule has 0 saturated heterocycles. The maximum atomic E-state index is 12.1. The van der Waals surface area contributed by atoms with E-state index in [0.29, 0.717) is 12.8 Å². The van der Waals surface area contributed by atoms with Crippen molar-refractivity contribution in [3.63, 3.8) is 0 Å². The van der Waals surface area contributed by atoms with E-state index >= 15 is 0 Å². The molecule has 0 aliphatic heterocycles. The van der Waals surface area contributed by atoms with Gasteiger partial charge in [-0.2, -0.15) is 0 Å². The highest BCUT2D eigenvalue weighted by atomic mass is 16.6. The molecule has 0 radical (unpaired) electrons. The largest absolute Gasteiger partial charge is 0.497 e. The molecule has 1 atom stereocenters. The van der Waals surface area contributed by atoms with Gasteiger partial charge in [-0.1, -0.05) is 6.07 Å². The van der Waals surface area contributed by atoms with Gasteiger partial charge >= 0.3 is 6.09 Å². The summed E-state index contributed by atoms with van der Waals surface area (Å²) in [5.41, 5.74) is 1.25. The standard InChI is InChI=1S/C16H21NO4/c1-16(2,3)21-15(19)17-14-12-7-6-11(20-4)9-10(12)5-8-13(14)18/h6-7,9,14H,5,8H2,1-4H3,(H,17,19). The van der Waals surface area contributed by atoms with E-state index in [1.807, 2.05) is 12.1 Å². The SMILES string of the molecule is COc1ccc2c(c1)CCC(=O)C2NC(=O)OC(C)(C)C. The fourth-order valence-corrected chi connectivity index (χ4v) is 2.37. The number of hydrogen-bond acceptors (Lipinski definition) is 4. The molecule has 0 saturated carbocycles. The Balaban J connectivity index is 2.20. The van der Waals surface area contributed by atoms with Crippen LogP contribution < -0.4 is 10.1 Å². The molecule has 1 unspecified atom stereocenters. The van der Waals surface area contributed by atoms with Crippen LogP contribution in [0.15, 0.2) is 18.2 Å². The smallest absolute Gasteiger partial charge is 0.408 e. The Bertz CT molecular complexity index is 560. The van der Waals surface area contributed by atoms with Crippen molar-refractivity contribution < 1.29 is 19.1 Å². The molecule has 0 aromatic heterocycles. The maximum absolute atomic E-state index is 12.1.